The maximum Gasteiger partial charge on any atom is 0.387 e. The lowest BCUT2D eigenvalue weighted by molar-refractivity contribution is -0.0527. The predicted molar refractivity (Wildman–Crippen MR) is 49.1 cm³/mol. The molecule has 7 heteroatoms. The molecule has 0 fully saturated rings. The van der Waals surface area contributed by atoms with Gasteiger partial charge in [-0.1, -0.05) is 0 Å². The molecular weight excluding hydrogens is 239 g/mol. The molecule has 1 aromatic rings. The molecular formula is C10H6F3NO3. The van der Waals surface area contributed by atoms with Crippen LogP contribution >= 0.6 is 0 Å². The van der Waals surface area contributed by atoms with Crippen LogP contribution in [-0.4, -0.2) is 19.7 Å². The fraction of sp³-hybridized carbons (Fsp3) is 0.200. The Hall–Kier alpha value is -2.23. The predicted octanol–water partition coefficient (Wildman–Crippen LogP) is 2.09. The SMILES string of the molecule is COC(=O)c1cc(C#N)cc(F)c1OC(F)F. The summed E-state index contributed by atoms with van der Waals surface area (Å²) in [6, 6.07) is 3.17. The van der Waals surface area contributed by atoms with Gasteiger partial charge in [-0.15, -0.1) is 0 Å². The van der Waals surface area contributed by atoms with Gasteiger partial charge < -0.3 is 9.47 Å². The highest BCUT2D eigenvalue weighted by atomic mass is 19.3. The van der Waals surface area contributed by atoms with Gasteiger partial charge in [-0.3, -0.25) is 0 Å². The molecule has 1 rings (SSSR count). The van der Waals surface area contributed by atoms with Crippen LogP contribution in [0.3, 0.4) is 0 Å². The Morgan fingerprint density at radius 1 is 1.47 bits per heavy atom. The normalized spacial score (nSPS) is 9.88. The first-order chi connectivity index (χ1) is 7.99. The van der Waals surface area contributed by atoms with Crippen molar-refractivity contribution in [3.05, 3.63) is 29.1 Å². The van der Waals surface area contributed by atoms with Gasteiger partial charge in [0, 0.05) is 0 Å². The summed E-state index contributed by atoms with van der Waals surface area (Å²) in [6.45, 7) is -3.29. The Morgan fingerprint density at radius 2 is 2.12 bits per heavy atom. The molecule has 0 aliphatic rings. The van der Waals surface area contributed by atoms with E-state index in [9.17, 15) is 18.0 Å². The number of benzene rings is 1. The zero-order valence-electron chi connectivity index (χ0n) is 8.54. The Balaban J connectivity index is 3.35. The average Bonchev–Trinajstić information content (AvgIpc) is 2.29. The minimum absolute atomic E-state index is 0.204. The van der Waals surface area contributed by atoms with Crippen LogP contribution in [0, 0.1) is 17.1 Å². The van der Waals surface area contributed by atoms with Gasteiger partial charge in [0.2, 0.25) is 0 Å². The van der Waals surface area contributed by atoms with Crippen molar-refractivity contribution in [1.29, 1.82) is 5.26 Å². The van der Waals surface area contributed by atoms with Crippen molar-refractivity contribution in [2.24, 2.45) is 0 Å². The number of nitrogens with zero attached hydrogens (tertiary/aromatic N) is 1. The molecule has 0 unspecified atom stereocenters. The number of methoxy groups -OCH3 is 1. The first-order valence-electron chi connectivity index (χ1n) is 4.26. The summed E-state index contributed by atoms with van der Waals surface area (Å²) >= 11 is 0. The largest absolute Gasteiger partial charge is 0.465 e. The summed E-state index contributed by atoms with van der Waals surface area (Å²) in [5.41, 5.74) is -0.770. The fourth-order valence-electron chi connectivity index (χ4n) is 1.13. The van der Waals surface area contributed by atoms with Gasteiger partial charge in [0.15, 0.2) is 11.6 Å². The van der Waals surface area contributed by atoms with Crippen LogP contribution in [0.15, 0.2) is 12.1 Å². The molecule has 0 aliphatic carbocycles. The molecule has 0 saturated carbocycles. The van der Waals surface area contributed by atoms with E-state index >= 15 is 0 Å². The number of alkyl halides is 2. The zero-order chi connectivity index (χ0) is 13.0. The summed E-state index contributed by atoms with van der Waals surface area (Å²) in [5.74, 6) is -3.24. The van der Waals surface area contributed by atoms with Crippen LogP contribution in [0.2, 0.25) is 0 Å². The molecule has 4 nitrogen and oxygen atoms in total. The third-order valence-corrected chi connectivity index (χ3v) is 1.78. The van der Waals surface area contributed by atoms with Crippen molar-refractivity contribution < 1.29 is 27.4 Å². The number of hydrogen-bond donors (Lipinski definition) is 0. The summed E-state index contributed by atoms with van der Waals surface area (Å²) in [6.07, 6.45) is 0. The van der Waals surface area contributed by atoms with E-state index in [0.717, 1.165) is 13.2 Å². The first-order valence-corrected chi connectivity index (χ1v) is 4.26. The van der Waals surface area contributed by atoms with Gasteiger partial charge in [-0.25, -0.2) is 9.18 Å². The van der Waals surface area contributed by atoms with E-state index in [2.05, 4.69) is 9.47 Å². The van der Waals surface area contributed by atoms with E-state index in [1.54, 1.807) is 6.07 Å². The van der Waals surface area contributed by atoms with Gasteiger partial charge in [0.25, 0.3) is 0 Å². The number of nitriles is 1. The molecule has 0 amide bonds. The Labute approximate surface area is 94.2 Å². The van der Waals surface area contributed by atoms with E-state index in [1.807, 2.05) is 0 Å². The monoisotopic (exact) mass is 245 g/mol. The number of rotatable bonds is 3. The van der Waals surface area contributed by atoms with Crippen molar-refractivity contribution in [1.82, 2.24) is 0 Å². The molecule has 1 aromatic carbocycles. The van der Waals surface area contributed by atoms with Gasteiger partial charge in [0.05, 0.1) is 18.7 Å². The molecule has 0 aliphatic heterocycles. The zero-order valence-corrected chi connectivity index (χ0v) is 8.54. The van der Waals surface area contributed by atoms with E-state index < -0.39 is 29.7 Å². The van der Waals surface area contributed by atoms with E-state index in [0.29, 0.717) is 6.07 Å². The number of halogens is 3. The third-order valence-electron chi connectivity index (χ3n) is 1.78. The van der Waals surface area contributed by atoms with Crippen LogP contribution in [0.5, 0.6) is 5.75 Å². The second kappa shape index (κ2) is 5.21. The van der Waals surface area contributed by atoms with E-state index in [1.165, 1.54) is 0 Å². The lowest BCUT2D eigenvalue weighted by Gasteiger charge is -2.10. The highest BCUT2D eigenvalue weighted by molar-refractivity contribution is 5.93. The smallest absolute Gasteiger partial charge is 0.387 e. The van der Waals surface area contributed by atoms with E-state index in [-0.39, 0.29) is 5.56 Å². The average molecular weight is 245 g/mol. The minimum atomic E-state index is -3.29. The molecule has 0 spiro atoms. The number of carbonyl (C=O) groups is 1. The number of ether oxygens (including phenoxy) is 2. The number of esters is 1. The molecule has 17 heavy (non-hydrogen) atoms. The standard InChI is InChI=1S/C10H6F3NO3/c1-16-9(15)6-2-5(4-14)3-7(11)8(6)17-10(12)13/h2-3,10H,1H3. The van der Waals surface area contributed by atoms with Crippen molar-refractivity contribution in [2.75, 3.05) is 7.11 Å². The maximum atomic E-state index is 13.3. The lowest BCUT2D eigenvalue weighted by atomic mass is 10.1. The molecule has 0 saturated heterocycles. The second-order valence-corrected chi connectivity index (χ2v) is 2.82. The number of carbonyl (C=O) groups excluding carboxylic acids is 1. The van der Waals surface area contributed by atoms with Gasteiger partial charge >= 0.3 is 12.6 Å². The van der Waals surface area contributed by atoms with Crippen molar-refractivity contribution >= 4 is 5.97 Å². The summed E-state index contributed by atoms with van der Waals surface area (Å²) in [4.78, 5) is 11.2. The van der Waals surface area contributed by atoms with Crippen LogP contribution in [0.1, 0.15) is 15.9 Å². The topological polar surface area (TPSA) is 59.3 Å². The molecule has 0 N–H and O–H groups in total. The molecule has 0 atom stereocenters. The Morgan fingerprint density at radius 3 is 2.59 bits per heavy atom. The third kappa shape index (κ3) is 2.87. The van der Waals surface area contributed by atoms with Crippen LogP contribution in [0.4, 0.5) is 13.2 Å². The maximum absolute atomic E-state index is 13.3. The highest BCUT2D eigenvalue weighted by Crippen LogP contribution is 2.26. The van der Waals surface area contributed by atoms with Crippen molar-refractivity contribution in [2.45, 2.75) is 6.61 Å². The Kier molecular flexibility index (Phi) is 3.93. The van der Waals surface area contributed by atoms with Crippen LogP contribution in [0.25, 0.3) is 0 Å². The lowest BCUT2D eigenvalue weighted by Crippen LogP contribution is -2.11. The molecule has 0 heterocycles. The van der Waals surface area contributed by atoms with Gasteiger partial charge in [-0.2, -0.15) is 14.0 Å². The Bertz CT molecular complexity index is 482. The number of hydrogen-bond acceptors (Lipinski definition) is 4. The summed E-state index contributed by atoms with van der Waals surface area (Å²) in [5, 5.41) is 8.56. The second-order valence-electron chi connectivity index (χ2n) is 2.82. The fourth-order valence-corrected chi connectivity index (χ4v) is 1.13. The molecule has 0 radical (unpaired) electrons. The first kappa shape index (κ1) is 12.8. The molecule has 0 aromatic heterocycles. The molecule has 90 valence electrons. The summed E-state index contributed by atoms with van der Waals surface area (Å²) < 4.78 is 45.5. The van der Waals surface area contributed by atoms with Crippen LogP contribution < -0.4 is 4.74 Å². The quantitative estimate of drug-likeness (QED) is 0.765. The minimum Gasteiger partial charge on any atom is -0.465 e. The van der Waals surface area contributed by atoms with Gasteiger partial charge in [0.1, 0.15) is 5.56 Å². The highest BCUT2D eigenvalue weighted by Gasteiger charge is 2.22. The van der Waals surface area contributed by atoms with E-state index in [4.69, 9.17) is 5.26 Å². The summed E-state index contributed by atoms with van der Waals surface area (Å²) in [7, 11) is 0.992. The van der Waals surface area contributed by atoms with Crippen molar-refractivity contribution in [3.8, 4) is 11.8 Å². The van der Waals surface area contributed by atoms with Gasteiger partial charge in [-0.05, 0) is 12.1 Å². The van der Waals surface area contributed by atoms with Crippen LogP contribution in [-0.2, 0) is 4.74 Å². The van der Waals surface area contributed by atoms with Crippen molar-refractivity contribution in [3.63, 3.8) is 0 Å². The molecule has 0 bridgehead atoms.